The Kier molecular flexibility index (Phi) is 3.72. The van der Waals surface area contributed by atoms with Crippen molar-refractivity contribution in [1.29, 1.82) is 0 Å². The summed E-state index contributed by atoms with van der Waals surface area (Å²) in [6.45, 7) is 1.89. The first-order chi connectivity index (χ1) is 10.1. The smallest absolute Gasteiger partial charge is 0.349 e. The van der Waals surface area contributed by atoms with Crippen LogP contribution in [0, 0.1) is 6.92 Å². The molecule has 0 aliphatic heterocycles. The molecule has 3 aromatic rings. The second-order valence-corrected chi connectivity index (χ2v) is 6.21. The van der Waals surface area contributed by atoms with Gasteiger partial charge >= 0.3 is 5.97 Å². The molecular formula is C13H10N2O4S2. The third-order valence-electron chi connectivity index (χ3n) is 2.61. The highest BCUT2D eigenvalue weighted by atomic mass is 32.1. The van der Waals surface area contributed by atoms with E-state index < -0.39 is 5.97 Å². The summed E-state index contributed by atoms with van der Waals surface area (Å²) in [4.78, 5) is 16.3. The zero-order chi connectivity index (χ0) is 14.8. The van der Waals surface area contributed by atoms with Crippen LogP contribution in [0.1, 0.15) is 20.4 Å². The van der Waals surface area contributed by atoms with E-state index in [9.17, 15) is 4.79 Å². The number of aromatic carboxylic acids is 1. The van der Waals surface area contributed by atoms with E-state index in [0.717, 1.165) is 10.4 Å². The number of carbonyl (C=O) groups is 1. The molecule has 3 aromatic heterocycles. The fourth-order valence-corrected chi connectivity index (χ4v) is 3.13. The Morgan fingerprint density at radius 3 is 3.10 bits per heavy atom. The van der Waals surface area contributed by atoms with Crippen LogP contribution in [0.4, 0.5) is 0 Å². The summed E-state index contributed by atoms with van der Waals surface area (Å²) in [5, 5.41) is 16.7. The highest BCUT2D eigenvalue weighted by Crippen LogP contribution is 2.29. The molecule has 0 unspecified atom stereocenters. The van der Waals surface area contributed by atoms with E-state index in [1.807, 2.05) is 23.8 Å². The lowest BCUT2D eigenvalue weighted by Gasteiger charge is -2.01. The van der Waals surface area contributed by atoms with E-state index in [0.29, 0.717) is 17.5 Å². The number of carboxylic acid groups (broad SMARTS) is 1. The van der Waals surface area contributed by atoms with Gasteiger partial charge in [-0.1, -0.05) is 5.16 Å². The van der Waals surface area contributed by atoms with Gasteiger partial charge in [-0.25, -0.2) is 4.79 Å². The molecule has 0 bridgehead atoms. The van der Waals surface area contributed by atoms with Gasteiger partial charge in [0, 0.05) is 10.3 Å². The summed E-state index contributed by atoms with van der Waals surface area (Å²) in [6.07, 6.45) is 0. The molecule has 0 aliphatic carbocycles. The van der Waals surface area contributed by atoms with Crippen molar-refractivity contribution in [2.75, 3.05) is 0 Å². The van der Waals surface area contributed by atoms with E-state index >= 15 is 0 Å². The van der Waals surface area contributed by atoms with Crippen molar-refractivity contribution in [2.24, 2.45) is 0 Å². The highest BCUT2D eigenvalue weighted by molar-refractivity contribution is 7.14. The Labute approximate surface area is 127 Å². The predicted molar refractivity (Wildman–Crippen MR) is 78.0 cm³/mol. The molecule has 0 fully saturated rings. The maximum Gasteiger partial charge on any atom is 0.349 e. The largest absolute Gasteiger partial charge is 0.484 e. The zero-order valence-electron chi connectivity index (χ0n) is 10.9. The Balaban J connectivity index is 1.72. The summed E-state index contributed by atoms with van der Waals surface area (Å²) in [5.74, 6) is 0.119. The van der Waals surface area contributed by atoms with E-state index in [1.165, 1.54) is 22.7 Å². The van der Waals surface area contributed by atoms with Gasteiger partial charge in [0.15, 0.2) is 11.5 Å². The van der Waals surface area contributed by atoms with Crippen LogP contribution in [0.3, 0.4) is 0 Å². The third-order valence-corrected chi connectivity index (χ3v) is 4.31. The standard InChI is InChI=1S/C13H10N2O4S2/c1-7-4-9(11(21-7)13(16)17)18-5-10-14-12(19-15-10)8-2-3-20-6-8/h2-4,6H,5H2,1H3,(H,16,17). The SMILES string of the molecule is Cc1cc(OCc2noc(-c3ccsc3)n2)c(C(=O)O)s1. The minimum atomic E-state index is -1.00. The molecule has 3 heterocycles. The third kappa shape index (κ3) is 2.96. The van der Waals surface area contributed by atoms with Crippen molar-refractivity contribution in [2.45, 2.75) is 13.5 Å². The Morgan fingerprint density at radius 1 is 1.52 bits per heavy atom. The maximum absolute atomic E-state index is 11.1. The van der Waals surface area contributed by atoms with Crippen LogP contribution in [0.5, 0.6) is 5.75 Å². The van der Waals surface area contributed by atoms with Gasteiger partial charge < -0.3 is 14.4 Å². The monoisotopic (exact) mass is 322 g/mol. The quantitative estimate of drug-likeness (QED) is 0.774. The van der Waals surface area contributed by atoms with Crippen molar-refractivity contribution >= 4 is 28.6 Å². The second kappa shape index (κ2) is 5.66. The number of carboxylic acids is 1. The van der Waals surface area contributed by atoms with Crippen molar-refractivity contribution in [1.82, 2.24) is 10.1 Å². The fraction of sp³-hybridized carbons (Fsp3) is 0.154. The lowest BCUT2D eigenvalue weighted by atomic mass is 10.3. The van der Waals surface area contributed by atoms with Crippen LogP contribution < -0.4 is 4.74 Å². The summed E-state index contributed by atoms with van der Waals surface area (Å²) in [6, 6.07) is 3.57. The minimum absolute atomic E-state index is 0.0596. The van der Waals surface area contributed by atoms with Gasteiger partial charge in [0.05, 0.1) is 5.56 Å². The number of hydrogen-bond donors (Lipinski definition) is 1. The van der Waals surface area contributed by atoms with Crippen LogP contribution in [-0.2, 0) is 6.61 Å². The van der Waals surface area contributed by atoms with Crippen molar-refractivity contribution in [3.63, 3.8) is 0 Å². The number of aromatic nitrogens is 2. The molecule has 0 saturated heterocycles. The number of nitrogens with zero attached hydrogens (tertiary/aromatic N) is 2. The number of rotatable bonds is 5. The highest BCUT2D eigenvalue weighted by Gasteiger charge is 2.16. The Hall–Kier alpha value is -2.19. The van der Waals surface area contributed by atoms with E-state index in [4.69, 9.17) is 14.4 Å². The van der Waals surface area contributed by atoms with Gasteiger partial charge in [0.1, 0.15) is 5.75 Å². The van der Waals surface area contributed by atoms with E-state index in [1.54, 1.807) is 6.07 Å². The summed E-state index contributed by atoms with van der Waals surface area (Å²) in [5.41, 5.74) is 0.858. The molecule has 0 spiro atoms. The zero-order valence-corrected chi connectivity index (χ0v) is 12.5. The van der Waals surface area contributed by atoms with Gasteiger partial charge in [-0.2, -0.15) is 16.3 Å². The van der Waals surface area contributed by atoms with Crippen LogP contribution >= 0.6 is 22.7 Å². The van der Waals surface area contributed by atoms with Gasteiger partial charge in [-0.3, -0.25) is 0 Å². The number of ether oxygens (including phenoxy) is 1. The van der Waals surface area contributed by atoms with Gasteiger partial charge in [-0.05, 0) is 24.4 Å². The van der Waals surface area contributed by atoms with Crippen molar-refractivity contribution < 1.29 is 19.2 Å². The average Bonchev–Trinajstić information content (AvgIpc) is 3.16. The summed E-state index contributed by atoms with van der Waals surface area (Å²) >= 11 is 2.71. The van der Waals surface area contributed by atoms with Crippen LogP contribution in [0.15, 0.2) is 27.4 Å². The Morgan fingerprint density at radius 2 is 2.38 bits per heavy atom. The maximum atomic E-state index is 11.1. The molecule has 0 atom stereocenters. The molecule has 0 aromatic carbocycles. The molecule has 0 amide bonds. The topological polar surface area (TPSA) is 85.5 Å². The van der Waals surface area contributed by atoms with Crippen LogP contribution in [0.2, 0.25) is 0 Å². The lowest BCUT2D eigenvalue weighted by Crippen LogP contribution is -2.01. The molecule has 1 N–H and O–H groups in total. The molecule has 108 valence electrons. The van der Waals surface area contributed by atoms with Crippen molar-refractivity contribution in [3.05, 3.63) is 38.5 Å². The number of hydrogen-bond acceptors (Lipinski definition) is 7. The van der Waals surface area contributed by atoms with Gasteiger partial charge in [0.2, 0.25) is 5.82 Å². The summed E-state index contributed by atoms with van der Waals surface area (Å²) < 4.78 is 10.6. The molecule has 21 heavy (non-hydrogen) atoms. The Bertz CT molecular complexity index is 761. The molecular weight excluding hydrogens is 312 g/mol. The van der Waals surface area contributed by atoms with Gasteiger partial charge in [0.25, 0.3) is 5.89 Å². The normalized spacial score (nSPS) is 10.7. The first kappa shape index (κ1) is 13.8. The summed E-state index contributed by atoms with van der Waals surface area (Å²) in [7, 11) is 0. The minimum Gasteiger partial charge on any atom is -0.484 e. The molecule has 0 aliphatic rings. The van der Waals surface area contributed by atoms with E-state index in [-0.39, 0.29) is 11.5 Å². The molecule has 8 heteroatoms. The molecule has 3 rings (SSSR count). The lowest BCUT2D eigenvalue weighted by molar-refractivity contribution is 0.0697. The number of aryl methyl sites for hydroxylation is 1. The second-order valence-electron chi connectivity index (χ2n) is 4.17. The van der Waals surface area contributed by atoms with Crippen molar-refractivity contribution in [3.8, 4) is 17.2 Å². The fourth-order valence-electron chi connectivity index (χ4n) is 1.71. The molecule has 0 radical (unpaired) electrons. The van der Waals surface area contributed by atoms with E-state index in [2.05, 4.69) is 10.1 Å². The average molecular weight is 322 g/mol. The van der Waals surface area contributed by atoms with Crippen LogP contribution in [-0.4, -0.2) is 21.2 Å². The van der Waals surface area contributed by atoms with Gasteiger partial charge in [-0.15, -0.1) is 11.3 Å². The predicted octanol–water partition coefficient (Wildman–Crippen LogP) is 3.45. The first-order valence-electron chi connectivity index (χ1n) is 5.95. The first-order valence-corrected chi connectivity index (χ1v) is 7.71. The van der Waals surface area contributed by atoms with Crippen LogP contribution in [0.25, 0.3) is 11.5 Å². The number of thiophene rings is 2. The molecule has 0 saturated carbocycles. The molecule has 6 nitrogen and oxygen atoms in total.